The molecule has 2 aromatic rings. The van der Waals surface area contributed by atoms with Gasteiger partial charge in [0.1, 0.15) is 5.82 Å². The molecule has 0 unspecified atom stereocenters. The summed E-state index contributed by atoms with van der Waals surface area (Å²) in [5.74, 6) is 1.29. The van der Waals surface area contributed by atoms with E-state index in [1.165, 1.54) is 27.4 Å². The van der Waals surface area contributed by atoms with Crippen molar-refractivity contribution in [1.82, 2.24) is 4.90 Å². The lowest BCUT2D eigenvalue weighted by Crippen LogP contribution is -2.47. The van der Waals surface area contributed by atoms with Gasteiger partial charge in [-0.1, -0.05) is 12.1 Å². The van der Waals surface area contributed by atoms with E-state index in [0.29, 0.717) is 34.9 Å². The number of para-hydroxylation sites is 1. The van der Waals surface area contributed by atoms with Crippen LogP contribution in [0.2, 0.25) is 0 Å². The molecule has 0 radical (unpaired) electrons. The van der Waals surface area contributed by atoms with Gasteiger partial charge >= 0.3 is 0 Å². The van der Waals surface area contributed by atoms with E-state index < -0.39 is 0 Å². The van der Waals surface area contributed by atoms with Gasteiger partial charge < -0.3 is 19.1 Å². The number of halogens is 2. The summed E-state index contributed by atoms with van der Waals surface area (Å²) < 4.78 is 29.9. The number of anilines is 1. The van der Waals surface area contributed by atoms with Crippen LogP contribution in [0.25, 0.3) is 0 Å². The molecule has 6 nitrogen and oxygen atoms in total. The van der Waals surface area contributed by atoms with Crippen LogP contribution < -0.4 is 19.1 Å². The summed E-state index contributed by atoms with van der Waals surface area (Å²) in [7, 11) is 4.60. The number of hydrogen-bond acceptors (Lipinski definition) is 6. The second-order valence-corrected chi connectivity index (χ2v) is 7.22. The maximum absolute atomic E-state index is 14.0. The zero-order chi connectivity index (χ0) is 21.5. The van der Waals surface area contributed by atoms with Gasteiger partial charge in [-0.05, 0) is 37.2 Å². The number of piperazine rings is 1. The van der Waals surface area contributed by atoms with E-state index in [0.717, 1.165) is 39.1 Å². The number of hydrogen-bond donors (Lipinski definition) is 0. The SMILES string of the molecule is COc1cc(C(=O)CCCN2CCN(c3ccccc3F)CC2)cc(OC)c1OC.Cl. The molecule has 1 fully saturated rings. The summed E-state index contributed by atoms with van der Waals surface area (Å²) in [6.45, 7) is 4.10. The molecule has 31 heavy (non-hydrogen) atoms. The molecule has 1 heterocycles. The summed E-state index contributed by atoms with van der Waals surface area (Å²) in [4.78, 5) is 17.1. The first-order valence-corrected chi connectivity index (χ1v) is 10.1. The maximum Gasteiger partial charge on any atom is 0.203 e. The molecule has 0 spiro atoms. The lowest BCUT2D eigenvalue weighted by atomic mass is 10.0. The van der Waals surface area contributed by atoms with Crippen LogP contribution >= 0.6 is 12.4 Å². The van der Waals surface area contributed by atoms with E-state index in [9.17, 15) is 9.18 Å². The van der Waals surface area contributed by atoms with E-state index >= 15 is 0 Å². The highest BCUT2D eigenvalue weighted by Crippen LogP contribution is 2.38. The minimum absolute atomic E-state index is 0. The summed E-state index contributed by atoms with van der Waals surface area (Å²) in [6.07, 6.45) is 1.20. The lowest BCUT2D eigenvalue weighted by Gasteiger charge is -2.36. The third-order valence-corrected chi connectivity index (χ3v) is 5.43. The number of rotatable bonds is 9. The summed E-state index contributed by atoms with van der Waals surface area (Å²) >= 11 is 0. The highest BCUT2D eigenvalue weighted by atomic mass is 35.5. The molecule has 0 atom stereocenters. The Morgan fingerprint density at radius 1 is 0.968 bits per heavy atom. The predicted octanol–water partition coefficient (Wildman–Crippen LogP) is 4.06. The van der Waals surface area contributed by atoms with E-state index in [2.05, 4.69) is 9.80 Å². The summed E-state index contributed by atoms with van der Waals surface area (Å²) in [5, 5.41) is 0. The summed E-state index contributed by atoms with van der Waals surface area (Å²) in [5.41, 5.74) is 1.21. The van der Waals surface area contributed by atoms with Crippen LogP contribution in [0.1, 0.15) is 23.2 Å². The molecule has 0 saturated carbocycles. The molecule has 1 saturated heterocycles. The number of ketones is 1. The van der Waals surface area contributed by atoms with Crippen molar-refractivity contribution in [2.24, 2.45) is 0 Å². The number of methoxy groups -OCH3 is 3. The van der Waals surface area contributed by atoms with E-state index in [1.807, 2.05) is 12.1 Å². The fraction of sp³-hybridized carbons (Fsp3) is 0.435. The average molecular weight is 453 g/mol. The molecule has 0 amide bonds. The van der Waals surface area contributed by atoms with Crippen molar-refractivity contribution in [1.29, 1.82) is 0 Å². The Hall–Kier alpha value is -2.51. The molecular weight excluding hydrogens is 423 g/mol. The first kappa shape index (κ1) is 24.8. The Kier molecular flexibility index (Phi) is 9.40. The van der Waals surface area contributed by atoms with Gasteiger partial charge in [0.05, 0.1) is 27.0 Å². The number of carbonyl (C=O) groups excluding carboxylic acids is 1. The molecule has 0 N–H and O–H groups in total. The van der Waals surface area contributed by atoms with Crippen LogP contribution in [0.15, 0.2) is 36.4 Å². The monoisotopic (exact) mass is 452 g/mol. The quantitative estimate of drug-likeness (QED) is 0.535. The largest absolute Gasteiger partial charge is 0.493 e. The molecule has 1 aliphatic rings. The standard InChI is InChI=1S/C23H29FN2O4.ClH/c1-28-21-15-17(16-22(29-2)23(21)30-3)20(27)9-6-10-25-11-13-26(14-12-25)19-8-5-4-7-18(19)24;/h4-5,7-8,15-16H,6,9-14H2,1-3H3;1H. The zero-order valence-electron chi connectivity index (χ0n) is 18.2. The molecule has 3 rings (SSSR count). The van der Waals surface area contributed by atoms with E-state index in [-0.39, 0.29) is 24.0 Å². The van der Waals surface area contributed by atoms with E-state index in [4.69, 9.17) is 14.2 Å². The Morgan fingerprint density at radius 3 is 2.13 bits per heavy atom. The van der Waals surface area contributed by atoms with Crippen LogP contribution in [0, 0.1) is 5.82 Å². The van der Waals surface area contributed by atoms with Crippen molar-refractivity contribution < 1.29 is 23.4 Å². The highest BCUT2D eigenvalue weighted by Gasteiger charge is 2.20. The number of nitrogens with zero attached hydrogens (tertiary/aromatic N) is 2. The van der Waals surface area contributed by atoms with Crippen molar-refractivity contribution in [2.45, 2.75) is 12.8 Å². The van der Waals surface area contributed by atoms with Gasteiger partial charge in [-0.3, -0.25) is 9.69 Å². The second kappa shape index (κ2) is 11.8. The minimum Gasteiger partial charge on any atom is -0.493 e. The van der Waals surface area contributed by atoms with Crippen LogP contribution in [0.5, 0.6) is 17.2 Å². The molecular formula is C23H30ClFN2O4. The van der Waals surface area contributed by atoms with Crippen molar-refractivity contribution in [3.63, 3.8) is 0 Å². The Bertz CT molecular complexity index is 847. The van der Waals surface area contributed by atoms with Gasteiger partial charge in [0, 0.05) is 38.2 Å². The normalized spacial score (nSPS) is 14.0. The molecule has 0 aromatic heterocycles. The summed E-state index contributed by atoms with van der Waals surface area (Å²) in [6, 6.07) is 10.3. The lowest BCUT2D eigenvalue weighted by molar-refractivity contribution is 0.0973. The van der Waals surface area contributed by atoms with Gasteiger partial charge in [-0.15, -0.1) is 12.4 Å². The number of carbonyl (C=O) groups is 1. The highest BCUT2D eigenvalue weighted by molar-refractivity contribution is 5.97. The fourth-order valence-electron chi connectivity index (χ4n) is 3.77. The van der Waals surface area contributed by atoms with Gasteiger partial charge in [-0.25, -0.2) is 4.39 Å². The Labute approximate surface area is 189 Å². The maximum atomic E-state index is 14.0. The molecule has 8 heteroatoms. The van der Waals surface area contributed by atoms with Crippen molar-refractivity contribution in [3.8, 4) is 17.2 Å². The van der Waals surface area contributed by atoms with Gasteiger partial charge in [0.25, 0.3) is 0 Å². The van der Waals surface area contributed by atoms with Crippen molar-refractivity contribution in [2.75, 3.05) is 59.0 Å². The topological polar surface area (TPSA) is 51.2 Å². The van der Waals surface area contributed by atoms with E-state index in [1.54, 1.807) is 18.2 Å². The number of ether oxygens (including phenoxy) is 3. The zero-order valence-corrected chi connectivity index (χ0v) is 19.0. The molecule has 1 aliphatic heterocycles. The molecule has 170 valence electrons. The van der Waals surface area contributed by atoms with Crippen LogP contribution in [-0.4, -0.2) is 64.7 Å². The minimum atomic E-state index is -0.179. The van der Waals surface area contributed by atoms with Crippen LogP contribution in [0.3, 0.4) is 0 Å². The second-order valence-electron chi connectivity index (χ2n) is 7.22. The average Bonchev–Trinajstić information content (AvgIpc) is 2.78. The Morgan fingerprint density at radius 2 is 1.58 bits per heavy atom. The van der Waals surface area contributed by atoms with Crippen LogP contribution in [0.4, 0.5) is 10.1 Å². The van der Waals surface area contributed by atoms with Crippen LogP contribution in [-0.2, 0) is 0 Å². The molecule has 0 bridgehead atoms. The van der Waals surface area contributed by atoms with Crippen molar-refractivity contribution >= 4 is 23.9 Å². The Balaban J connectivity index is 0.00000341. The first-order valence-electron chi connectivity index (χ1n) is 10.1. The van der Waals surface area contributed by atoms with Gasteiger partial charge in [0.2, 0.25) is 5.75 Å². The van der Waals surface area contributed by atoms with Gasteiger partial charge in [-0.2, -0.15) is 0 Å². The third kappa shape index (κ3) is 6.02. The number of Topliss-reactive ketones (excluding diaryl/α,β-unsaturated/α-hetero) is 1. The number of benzene rings is 2. The van der Waals surface area contributed by atoms with Gasteiger partial charge in [0.15, 0.2) is 17.3 Å². The first-order chi connectivity index (χ1) is 14.6. The fourth-order valence-corrected chi connectivity index (χ4v) is 3.77. The molecule has 0 aliphatic carbocycles. The smallest absolute Gasteiger partial charge is 0.203 e. The molecule has 2 aromatic carbocycles. The van der Waals surface area contributed by atoms with Crippen molar-refractivity contribution in [3.05, 3.63) is 47.8 Å². The predicted molar refractivity (Wildman–Crippen MR) is 122 cm³/mol. The third-order valence-electron chi connectivity index (χ3n) is 5.43.